The van der Waals surface area contributed by atoms with Gasteiger partial charge in [-0.2, -0.15) is 5.10 Å². The number of aromatic carboxylic acids is 1. The Morgan fingerprint density at radius 1 is 1.30 bits per heavy atom. The molecule has 0 unspecified atom stereocenters. The van der Waals surface area contributed by atoms with Crippen molar-refractivity contribution in [2.24, 2.45) is 0 Å². The van der Waals surface area contributed by atoms with E-state index in [9.17, 15) is 9.59 Å². The maximum Gasteiger partial charge on any atom is 0.335 e. The lowest BCUT2D eigenvalue weighted by molar-refractivity contribution is -0.115. The number of anilines is 1. The van der Waals surface area contributed by atoms with E-state index < -0.39 is 5.97 Å². The first kappa shape index (κ1) is 13.8. The fraction of sp³-hybridized carbons (Fsp3) is 0.214. The molecule has 20 heavy (non-hydrogen) atoms. The SMILES string of the molecule is CCc1cn[nH]c1NC(=O)Cc1ccccc1C(=O)O. The molecule has 0 aliphatic heterocycles. The molecule has 1 amide bonds. The summed E-state index contributed by atoms with van der Waals surface area (Å²) in [5.41, 5.74) is 1.53. The molecular formula is C14H15N3O3. The molecule has 1 aromatic carbocycles. The molecule has 2 rings (SSSR count). The molecule has 1 aromatic heterocycles. The predicted octanol–water partition coefficient (Wildman–Crippen LogP) is 1.85. The van der Waals surface area contributed by atoms with Crippen LogP contribution >= 0.6 is 0 Å². The number of benzene rings is 1. The van der Waals surface area contributed by atoms with Crippen molar-refractivity contribution < 1.29 is 14.7 Å². The van der Waals surface area contributed by atoms with Crippen molar-refractivity contribution in [1.82, 2.24) is 10.2 Å². The zero-order chi connectivity index (χ0) is 14.5. The van der Waals surface area contributed by atoms with Crippen molar-refractivity contribution in [3.63, 3.8) is 0 Å². The maximum atomic E-state index is 12.0. The van der Waals surface area contributed by atoms with E-state index in [1.165, 1.54) is 6.07 Å². The lowest BCUT2D eigenvalue weighted by Crippen LogP contribution is -2.17. The predicted molar refractivity (Wildman–Crippen MR) is 73.7 cm³/mol. The summed E-state index contributed by atoms with van der Waals surface area (Å²) in [6.45, 7) is 1.96. The number of hydrogen-bond donors (Lipinski definition) is 3. The fourth-order valence-electron chi connectivity index (χ4n) is 1.93. The number of nitrogens with one attached hydrogen (secondary N) is 2. The zero-order valence-corrected chi connectivity index (χ0v) is 11.0. The highest BCUT2D eigenvalue weighted by molar-refractivity contribution is 5.95. The Labute approximate surface area is 115 Å². The minimum absolute atomic E-state index is 0.00461. The molecule has 0 spiro atoms. The number of aryl methyl sites for hydroxylation is 1. The molecule has 0 saturated heterocycles. The van der Waals surface area contributed by atoms with E-state index in [0.29, 0.717) is 11.4 Å². The molecule has 6 nitrogen and oxygen atoms in total. The number of H-pyrrole nitrogens is 1. The van der Waals surface area contributed by atoms with Gasteiger partial charge in [0.1, 0.15) is 5.82 Å². The van der Waals surface area contributed by atoms with E-state index in [1.54, 1.807) is 24.4 Å². The highest BCUT2D eigenvalue weighted by Gasteiger charge is 2.14. The summed E-state index contributed by atoms with van der Waals surface area (Å²) in [5, 5.41) is 18.4. The number of amides is 1. The Balaban J connectivity index is 2.11. The summed E-state index contributed by atoms with van der Waals surface area (Å²) < 4.78 is 0. The largest absolute Gasteiger partial charge is 0.478 e. The first-order valence-corrected chi connectivity index (χ1v) is 6.25. The number of hydrogen-bond acceptors (Lipinski definition) is 3. The highest BCUT2D eigenvalue weighted by atomic mass is 16.4. The summed E-state index contributed by atoms with van der Waals surface area (Å²) in [6.07, 6.45) is 2.41. The van der Waals surface area contributed by atoms with E-state index in [-0.39, 0.29) is 17.9 Å². The van der Waals surface area contributed by atoms with Crippen LogP contribution in [0.15, 0.2) is 30.5 Å². The third kappa shape index (κ3) is 3.03. The van der Waals surface area contributed by atoms with Crippen LogP contribution < -0.4 is 5.32 Å². The van der Waals surface area contributed by atoms with Crippen molar-refractivity contribution in [3.05, 3.63) is 47.2 Å². The van der Waals surface area contributed by atoms with Crippen molar-refractivity contribution in [1.29, 1.82) is 0 Å². The average Bonchev–Trinajstić information content (AvgIpc) is 2.86. The first-order chi connectivity index (χ1) is 9.61. The minimum Gasteiger partial charge on any atom is -0.478 e. The van der Waals surface area contributed by atoms with Gasteiger partial charge < -0.3 is 10.4 Å². The van der Waals surface area contributed by atoms with Gasteiger partial charge in [0, 0.05) is 5.56 Å². The van der Waals surface area contributed by atoms with Crippen LogP contribution in [-0.2, 0) is 17.6 Å². The third-order valence-electron chi connectivity index (χ3n) is 2.96. The van der Waals surface area contributed by atoms with E-state index in [0.717, 1.165) is 12.0 Å². The van der Waals surface area contributed by atoms with Gasteiger partial charge in [-0.3, -0.25) is 9.89 Å². The van der Waals surface area contributed by atoms with E-state index in [4.69, 9.17) is 5.11 Å². The van der Waals surface area contributed by atoms with Crippen LogP contribution in [0.1, 0.15) is 28.4 Å². The van der Waals surface area contributed by atoms with Gasteiger partial charge in [-0.15, -0.1) is 0 Å². The first-order valence-electron chi connectivity index (χ1n) is 6.25. The molecule has 1 heterocycles. The van der Waals surface area contributed by atoms with Crippen LogP contribution in [-0.4, -0.2) is 27.2 Å². The molecule has 0 radical (unpaired) electrons. The van der Waals surface area contributed by atoms with Crippen LogP contribution in [0.25, 0.3) is 0 Å². The lowest BCUT2D eigenvalue weighted by Gasteiger charge is -2.07. The maximum absolute atomic E-state index is 12.0. The number of carboxylic acid groups (broad SMARTS) is 1. The van der Waals surface area contributed by atoms with Gasteiger partial charge in [0.25, 0.3) is 0 Å². The normalized spacial score (nSPS) is 10.2. The summed E-state index contributed by atoms with van der Waals surface area (Å²) in [7, 11) is 0. The Morgan fingerprint density at radius 2 is 2.05 bits per heavy atom. The van der Waals surface area contributed by atoms with Gasteiger partial charge in [-0.1, -0.05) is 25.1 Å². The quantitative estimate of drug-likeness (QED) is 0.774. The van der Waals surface area contributed by atoms with Gasteiger partial charge in [0.2, 0.25) is 5.91 Å². The van der Waals surface area contributed by atoms with Gasteiger partial charge >= 0.3 is 5.97 Å². The van der Waals surface area contributed by atoms with E-state index in [2.05, 4.69) is 15.5 Å². The highest BCUT2D eigenvalue weighted by Crippen LogP contribution is 2.14. The second-order valence-corrected chi connectivity index (χ2v) is 4.31. The molecule has 6 heteroatoms. The summed E-state index contributed by atoms with van der Waals surface area (Å²) in [5.74, 6) is -0.757. The zero-order valence-electron chi connectivity index (χ0n) is 11.0. The summed E-state index contributed by atoms with van der Waals surface area (Å²) in [6, 6.07) is 6.47. The van der Waals surface area contributed by atoms with Crippen molar-refractivity contribution in [3.8, 4) is 0 Å². The lowest BCUT2D eigenvalue weighted by atomic mass is 10.0. The average molecular weight is 273 g/mol. The molecule has 0 aliphatic carbocycles. The van der Waals surface area contributed by atoms with Crippen LogP contribution in [0, 0.1) is 0 Å². The van der Waals surface area contributed by atoms with E-state index >= 15 is 0 Å². The molecule has 0 atom stereocenters. The van der Waals surface area contributed by atoms with Crippen LogP contribution in [0.3, 0.4) is 0 Å². The Hall–Kier alpha value is -2.63. The number of carboxylic acids is 1. The Bertz CT molecular complexity index is 634. The number of aromatic amines is 1. The number of rotatable bonds is 5. The van der Waals surface area contributed by atoms with Gasteiger partial charge in [-0.25, -0.2) is 4.79 Å². The molecule has 104 valence electrons. The topological polar surface area (TPSA) is 95.1 Å². The molecule has 0 fully saturated rings. The number of nitrogens with zero attached hydrogens (tertiary/aromatic N) is 1. The molecular weight excluding hydrogens is 258 g/mol. The summed E-state index contributed by atoms with van der Waals surface area (Å²) >= 11 is 0. The Kier molecular flexibility index (Phi) is 4.14. The number of aromatic nitrogens is 2. The van der Waals surface area contributed by atoms with Crippen molar-refractivity contribution in [2.45, 2.75) is 19.8 Å². The monoisotopic (exact) mass is 273 g/mol. The van der Waals surface area contributed by atoms with Crippen LogP contribution in [0.5, 0.6) is 0 Å². The Morgan fingerprint density at radius 3 is 2.75 bits per heavy atom. The number of carbonyl (C=O) groups excluding carboxylic acids is 1. The van der Waals surface area contributed by atoms with Crippen LogP contribution in [0.4, 0.5) is 5.82 Å². The van der Waals surface area contributed by atoms with Gasteiger partial charge in [-0.05, 0) is 18.1 Å². The fourth-order valence-corrected chi connectivity index (χ4v) is 1.93. The van der Waals surface area contributed by atoms with Gasteiger partial charge in [0.05, 0.1) is 18.2 Å². The van der Waals surface area contributed by atoms with Crippen LogP contribution in [0.2, 0.25) is 0 Å². The molecule has 0 bridgehead atoms. The third-order valence-corrected chi connectivity index (χ3v) is 2.96. The van der Waals surface area contributed by atoms with Crippen molar-refractivity contribution >= 4 is 17.7 Å². The smallest absolute Gasteiger partial charge is 0.335 e. The minimum atomic E-state index is -1.04. The standard InChI is InChI=1S/C14H15N3O3/c1-2-9-8-15-17-13(9)16-12(18)7-10-5-3-4-6-11(10)14(19)20/h3-6,8H,2,7H2,1H3,(H,19,20)(H2,15,16,17,18). The second-order valence-electron chi connectivity index (χ2n) is 4.31. The molecule has 0 aliphatic rings. The van der Waals surface area contributed by atoms with Gasteiger partial charge in [0.15, 0.2) is 0 Å². The summed E-state index contributed by atoms with van der Waals surface area (Å²) in [4.78, 5) is 23.0. The van der Waals surface area contributed by atoms with E-state index in [1.807, 2.05) is 6.92 Å². The molecule has 3 N–H and O–H groups in total. The number of carbonyl (C=O) groups is 2. The van der Waals surface area contributed by atoms with Crippen molar-refractivity contribution in [2.75, 3.05) is 5.32 Å². The molecule has 0 saturated carbocycles. The second kappa shape index (κ2) is 6.01. The molecule has 2 aromatic rings.